The Balaban J connectivity index is 2.20. The van der Waals surface area contributed by atoms with Crippen LogP contribution in [0.5, 0.6) is 5.75 Å². The molecule has 1 saturated carbocycles. The average Bonchev–Trinajstić information content (AvgIpc) is 2.46. The zero-order valence-electron chi connectivity index (χ0n) is 11.8. The van der Waals surface area contributed by atoms with Gasteiger partial charge in [-0.1, -0.05) is 42.5 Å². The van der Waals surface area contributed by atoms with Gasteiger partial charge in [-0.15, -0.1) is 0 Å². The molecule has 0 radical (unpaired) electrons. The number of halogens is 2. The summed E-state index contributed by atoms with van der Waals surface area (Å²) in [6, 6.07) is 3.55. The molecule has 110 valence electrons. The van der Waals surface area contributed by atoms with Crippen molar-refractivity contribution in [2.45, 2.75) is 38.1 Å². The minimum atomic E-state index is -0.0386. The maximum Gasteiger partial charge on any atom is 0.253 e. The van der Waals surface area contributed by atoms with E-state index < -0.39 is 0 Å². The molecule has 0 unspecified atom stereocenters. The van der Waals surface area contributed by atoms with E-state index in [0.717, 1.165) is 12.8 Å². The van der Waals surface area contributed by atoms with Crippen molar-refractivity contribution in [3.63, 3.8) is 0 Å². The quantitative estimate of drug-likeness (QED) is 0.827. The number of rotatable bonds is 3. The van der Waals surface area contributed by atoms with E-state index in [9.17, 15) is 4.79 Å². The van der Waals surface area contributed by atoms with Crippen LogP contribution in [0.4, 0.5) is 0 Å². The van der Waals surface area contributed by atoms with Gasteiger partial charge >= 0.3 is 0 Å². The maximum absolute atomic E-state index is 12.5. The molecule has 1 amide bonds. The SMILES string of the molecule is COc1c(Cl)cc(C(=O)N(C)C2CCCCC2)cc1Cl. The topological polar surface area (TPSA) is 29.5 Å². The molecule has 0 bridgehead atoms. The zero-order valence-corrected chi connectivity index (χ0v) is 13.3. The number of amides is 1. The molecule has 1 aliphatic carbocycles. The predicted octanol–water partition coefficient (Wildman–Crippen LogP) is 4.41. The highest BCUT2D eigenvalue weighted by molar-refractivity contribution is 6.37. The van der Waals surface area contributed by atoms with E-state index in [2.05, 4.69) is 0 Å². The Hall–Kier alpha value is -0.930. The summed E-state index contributed by atoms with van der Waals surface area (Å²) in [7, 11) is 3.35. The van der Waals surface area contributed by atoms with Gasteiger partial charge in [-0.25, -0.2) is 0 Å². The summed E-state index contributed by atoms with van der Waals surface area (Å²) in [5, 5.41) is 0.723. The van der Waals surface area contributed by atoms with E-state index in [1.54, 1.807) is 12.1 Å². The molecule has 0 heterocycles. The molecule has 1 aromatic carbocycles. The van der Waals surface area contributed by atoms with Crippen molar-refractivity contribution in [2.75, 3.05) is 14.2 Å². The van der Waals surface area contributed by atoms with E-state index in [1.165, 1.54) is 26.4 Å². The summed E-state index contributed by atoms with van der Waals surface area (Å²) in [5.41, 5.74) is 0.508. The molecule has 0 atom stereocenters. The summed E-state index contributed by atoms with van der Waals surface area (Å²) >= 11 is 12.2. The van der Waals surface area contributed by atoms with Crippen molar-refractivity contribution in [3.8, 4) is 5.75 Å². The lowest BCUT2D eigenvalue weighted by Crippen LogP contribution is -2.38. The maximum atomic E-state index is 12.5. The van der Waals surface area contributed by atoms with Crippen LogP contribution in [0.25, 0.3) is 0 Å². The third-order valence-electron chi connectivity index (χ3n) is 3.89. The number of benzene rings is 1. The first-order valence-electron chi connectivity index (χ1n) is 6.84. The van der Waals surface area contributed by atoms with Crippen molar-refractivity contribution in [3.05, 3.63) is 27.7 Å². The van der Waals surface area contributed by atoms with Crippen molar-refractivity contribution >= 4 is 29.1 Å². The van der Waals surface area contributed by atoms with Gasteiger partial charge in [0.1, 0.15) is 0 Å². The number of hydrogen-bond acceptors (Lipinski definition) is 2. The fraction of sp³-hybridized carbons (Fsp3) is 0.533. The van der Waals surface area contributed by atoms with Crippen LogP contribution >= 0.6 is 23.2 Å². The molecule has 0 saturated heterocycles. The lowest BCUT2D eigenvalue weighted by molar-refractivity contribution is 0.0696. The van der Waals surface area contributed by atoms with Crippen LogP contribution in [-0.4, -0.2) is 31.0 Å². The van der Waals surface area contributed by atoms with E-state index >= 15 is 0 Å². The third-order valence-corrected chi connectivity index (χ3v) is 4.45. The molecule has 0 aliphatic heterocycles. The Morgan fingerprint density at radius 1 is 1.20 bits per heavy atom. The fourth-order valence-corrected chi connectivity index (χ4v) is 3.36. The standard InChI is InChI=1S/C15H19Cl2NO2/c1-18(11-6-4-3-5-7-11)15(19)10-8-12(16)14(20-2)13(17)9-10/h8-9,11H,3-7H2,1-2H3. The number of carbonyl (C=O) groups excluding carboxylic acids is 1. The van der Waals surface area contributed by atoms with Crippen molar-refractivity contribution in [2.24, 2.45) is 0 Å². The molecule has 1 fully saturated rings. The molecular formula is C15H19Cl2NO2. The number of ether oxygens (including phenoxy) is 1. The highest BCUT2D eigenvalue weighted by Crippen LogP contribution is 2.34. The highest BCUT2D eigenvalue weighted by Gasteiger charge is 2.24. The molecule has 3 nitrogen and oxygen atoms in total. The molecule has 0 N–H and O–H groups in total. The zero-order chi connectivity index (χ0) is 14.7. The van der Waals surface area contributed by atoms with Crippen LogP contribution in [-0.2, 0) is 0 Å². The molecular weight excluding hydrogens is 297 g/mol. The monoisotopic (exact) mass is 315 g/mol. The Labute approximate surface area is 129 Å². The normalized spacial score (nSPS) is 16.0. The Morgan fingerprint density at radius 2 is 1.75 bits per heavy atom. The fourth-order valence-electron chi connectivity index (χ4n) is 2.72. The van der Waals surface area contributed by atoms with E-state index in [0.29, 0.717) is 27.4 Å². The van der Waals surface area contributed by atoms with Gasteiger partial charge in [-0.2, -0.15) is 0 Å². The summed E-state index contributed by atoms with van der Waals surface area (Å²) < 4.78 is 5.10. The molecule has 0 spiro atoms. The van der Waals surface area contributed by atoms with Gasteiger partial charge in [0.05, 0.1) is 17.2 Å². The van der Waals surface area contributed by atoms with Crippen molar-refractivity contribution in [1.29, 1.82) is 0 Å². The Morgan fingerprint density at radius 3 is 2.25 bits per heavy atom. The number of nitrogens with zero attached hydrogens (tertiary/aromatic N) is 1. The van der Waals surface area contributed by atoms with Crippen molar-refractivity contribution in [1.82, 2.24) is 4.90 Å². The summed E-state index contributed by atoms with van der Waals surface area (Å²) in [6.45, 7) is 0. The third kappa shape index (κ3) is 3.21. The molecule has 1 aliphatic rings. The number of carbonyl (C=O) groups is 1. The minimum absolute atomic E-state index is 0.0386. The van der Waals surface area contributed by atoms with Gasteiger partial charge in [0.2, 0.25) is 0 Å². The Bertz CT molecular complexity index is 476. The van der Waals surface area contributed by atoms with Crippen LogP contribution in [0.3, 0.4) is 0 Å². The van der Waals surface area contributed by atoms with E-state index in [4.69, 9.17) is 27.9 Å². The number of hydrogen-bond donors (Lipinski definition) is 0. The van der Waals surface area contributed by atoms with E-state index in [-0.39, 0.29) is 5.91 Å². The van der Waals surface area contributed by atoms with Crippen LogP contribution in [0.1, 0.15) is 42.5 Å². The van der Waals surface area contributed by atoms with Gasteiger partial charge in [-0.05, 0) is 25.0 Å². The Kier molecular flexibility index (Phi) is 5.17. The molecule has 0 aromatic heterocycles. The van der Waals surface area contributed by atoms with E-state index in [1.807, 2.05) is 11.9 Å². The average molecular weight is 316 g/mol. The second-order valence-electron chi connectivity index (χ2n) is 5.18. The molecule has 5 heteroatoms. The molecule has 1 aromatic rings. The van der Waals surface area contributed by atoms with Gasteiger partial charge < -0.3 is 9.64 Å². The van der Waals surface area contributed by atoms with Crippen LogP contribution in [0.2, 0.25) is 10.0 Å². The lowest BCUT2D eigenvalue weighted by Gasteiger charge is -2.31. The first kappa shape index (κ1) is 15.5. The highest BCUT2D eigenvalue weighted by atomic mass is 35.5. The van der Waals surface area contributed by atoms with Crippen LogP contribution in [0.15, 0.2) is 12.1 Å². The minimum Gasteiger partial charge on any atom is -0.494 e. The van der Waals surface area contributed by atoms with Gasteiger partial charge in [0.15, 0.2) is 5.75 Å². The summed E-state index contributed by atoms with van der Waals surface area (Å²) in [6.07, 6.45) is 5.78. The van der Waals surface area contributed by atoms with Crippen molar-refractivity contribution < 1.29 is 9.53 Å². The molecule has 2 rings (SSSR count). The van der Waals surface area contributed by atoms with Crippen LogP contribution in [0, 0.1) is 0 Å². The first-order valence-corrected chi connectivity index (χ1v) is 7.60. The predicted molar refractivity (Wildman–Crippen MR) is 82.0 cm³/mol. The van der Waals surface area contributed by atoms with Gasteiger partial charge in [0.25, 0.3) is 5.91 Å². The second kappa shape index (κ2) is 6.68. The molecule has 20 heavy (non-hydrogen) atoms. The second-order valence-corrected chi connectivity index (χ2v) is 6.00. The number of methoxy groups -OCH3 is 1. The van der Waals surface area contributed by atoms with Gasteiger partial charge in [-0.3, -0.25) is 4.79 Å². The van der Waals surface area contributed by atoms with Gasteiger partial charge in [0, 0.05) is 18.7 Å². The first-order chi connectivity index (χ1) is 9.54. The lowest BCUT2D eigenvalue weighted by atomic mass is 9.94. The summed E-state index contributed by atoms with van der Waals surface area (Å²) in [5.74, 6) is 0.369. The summed E-state index contributed by atoms with van der Waals surface area (Å²) in [4.78, 5) is 14.3. The van der Waals surface area contributed by atoms with Crippen LogP contribution < -0.4 is 4.74 Å². The smallest absolute Gasteiger partial charge is 0.253 e. The largest absolute Gasteiger partial charge is 0.494 e.